The van der Waals surface area contributed by atoms with Crippen LogP contribution in [0.3, 0.4) is 0 Å². The highest BCUT2D eigenvalue weighted by molar-refractivity contribution is 5.99. The van der Waals surface area contributed by atoms with Gasteiger partial charge in [0.25, 0.3) is 11.8 Å². The first-order valence-corrected chi connectivity index (χ1v) is 13.1. The van der Waals surface area contributed by atoms with E-state index in [1.807, 2.05) is 0 Å². The van der Waals surface area contributed by atoms with E-state index in [1.165, 1.54) is 6.20 Å². The molecule has 2 fully saturated rings. The van der Waals surface area contributed by atoms with E-state index in [4.69, 9.17) is 15.2 Å². The Morgan fingerprint density at radius 1 is 1.10 bits per heavy atom. The Bertz CT molecular complexity index is 1180. The maximum atomic E-state index is 12.7. The fourth-order valence-corrected chi connectivity index (χ4v) is 4.49. The number of aromatic nitrogens is 1. The van der Waals surface area contributed by atoms with Gasteiger partial charge in [0.05, 0.1) is 24.5 Å². The molecule has 0 radical (unpaired) electrons. The van der Waals surface area contributed by atoms with Crippen LogP contribution in [0, 0.1) is 0 Å². The largest absolute Gasteiger partial charge is 0.443 e. The normalized spacial score (nSPS) is 17.9. The fourth-order valence-electron chi connectivity index (χ4n) is 4.49. The van der Waals surface area contributed by atoms with Crippen LogP contribution >= 0.6 is 0 Å². The zero-order chi connectivity index (χ0) is 28.0. The summed E-state index contributed by atoms with van der Waals surface area (Å²) in [7, 11) is 0. The minimum absolute atomic E-state index is 0.0168. The van der Waals surface area contributed by atoms with Crippen LogP contribution in [0.1, 0.15) is 54.3 Å². The number of morpholine rings is 1. The molecule has 2 aliphatic heterocycles. The van der Waals surface area contributed by atoms with Crippen molar-refractivity contribution in [3.05, 3.63) is 47.7 Å². The Balaban J connectivity index is 1.43. The van der Waals surface area contributed by atoms with E-state index in [0.717, 1.165) is 19.4 Å². The van der Waals surface area contributed by atoms with Gasteiger partial charge in [0.1, 0.15) is 11.4 Å². The van der Waals surface area contributed by atoms with E-state index in [-0.39, 0.29) is 17.5 Å². The fraction of sp³-hybridized carbons (Fsp3) is 0.481. The summed E-state index contributed by atoms with van der Waals surface area (Å²) in [5.41, 5.74) is 12.8. The van der Waals surface area contributed by atoms with Crippen molar-refractivity contribution in [1.29, 1.82) is 0 Å². The van der Waals surface area contributed by atoms with Gasteiger partial charge >= 0.3 is 6.09 Å². The predicted octanol–water partition coefficient (Wildman–Crippen LogP) is 2.39. The lowest BCUT2D eigenvalue weighted by molar-refractivity contribution is 0.0303. The topological polar surface area (TPSA) is 151 Å². The number of piperidine rings is 1. The summed E-state index contributed by atoms with van der Waals surface area (Å²) in [5, 5.41) is 3.25. The predicted molar refractivity (Wildman–Crippen MR) is 147 cm³/mol. The van der Waals surface area contributed by atoms with Crippen LogP contribution in [0.5, 0.6) is 0 Å². The number of hydrazine groups is 1. The first kappa shape index (κ1) is 28.1. The van der Waals surface area contributed by atoms with Gasteiger partial charge in [-0.2, -0.15) is 0 Å². The number of ether oxygens (including phenoxy) is 2. The number of hydrogen-bond donors (Lipinski definition) is 4. The molecular formula is C27H37N7O5. The smallest absolute Gasteiger partial charge is 0.422 e. The Morgan fingerprint density at radius 3 is 2.49 bits per heavy atom. The van der Waals surface area contributed by atoms with Gasteiger partial charge in [-0.25, -0.2) is 15.2 Å². The molecule has 210 valence electrons. The Labute approximate surface area is 228 Å². The van der Waals surface area contributed by atoms with Gasteiger partial charge in [-0.05, 0) is 57.9 Å². The number of carbonyl (C=O) groups is 3. The van der Waals surface area contributed by atoms with Crippen LogP contribution in [0.4, 0.5) is 22.0 Å². The van der Waals surface area contributed by atoms with Crippen LogP contribution in [0.2, 0.25) is 0 Å². The molecule has 0 spiro atoms. The number of rotatable bonds is 7. The lowest BCUT2D eigenvalue weighted by Gasteiger charge is -2.34. The van der Waals surface area contributed by atoms with Gasteiger partial charge in [0.15, 0.2) is 0 Å². The molecule has 5 N–H and O–H groups in total. The third-order valence-electron chi connectivity index (χ3n) is 6.39. The van der Waals surface area contributed by atoms with Gasteiger partial charge in [-0.1, -0.05) is 0 Å². The van der Waals surface area contributed by atoms with E-state index in [9.17, 15) is 14.4 Å². The van der Waals surface area contributed by atoms with E-state index in [2.05, 4.69) is 26.1 Å². The maximum Gasteiger partial charge on any atom is 0.422 e. The second-order valence-corrected chi connectivity index (χ2v) is 10.6. The molecule has 1 atom stereocenters. The molecule has 2 aliphatic rings. The molecule has 0 aliphatic carbocycles. The number of amides is 3. The Morgan fingerprint density at radius 2 is 1.82 bits per heavy atom. The highest BCUT2D eigenvalue weighted by atomic mass is 16.6. The summed E-state index contributed by atoms with van der Waals surface area (Å²) in [6.45, 7) is 9.01. The molecule has 12 heteroatoms. The van der Waals surface area contributed by atoms with Crippen LogP contribution < -0.4 is 26.8 Å². The molecule has 2 saturated heterocycles. The second-order valence-electron chi connectivity index (χ2n) is 10.6. The SMILES string of the molecule is CC(C)(C)OC(=O)NNC1CCCN(c2cc(Nc3ccc(C(=O)N4CCOCC4)cc3)c(C(N)=O)cn2)C1. The van der Waals surface area contributed by atoms with Crippen LogP contribution in [0.15, 0.2) is 36.5 Å². The first-order chi connectivity index (χ1) is 18.6. The molecule has 3 heterocycles. The molecule has 0 saturated carbocycles. The van der Waals surface area contributed by atoms with Crippen molar-refractivity contribution in [2.75, 3.05) is 49.6 Å². The first-order valence-electron chi connectivity index (χ1n) is 13.1. The number of benzene rings is 1. The average molecular weight is 540 g/mol. The Hall–Kier alpha value is -3.90. The molecule has 1 aromatic carbocycles. The molecular weight excluding hydrogens is 502 g/mol. The van der Waals surface area contributed by atoms with Crippen molar-refractivity contribution < 1.29 is 23.9 Å². The monoisotopic (exact) mass is 539 g/mol. The van der Waals surface area contributed by atoms with Crippen LogP contribution in [0.25, 0.3) is 0 Å². The van der Waals surface area contributed by atoms with Crippen molar-refractivity contribution in [2.24, 2.45) is 5.73 Å². The van der Waals surface area contributed by atoms with Crippen molar-refractivity contribution in [3.8, 4) is 0 Å². The number of nitrogens with two attached hydrogens (primary N) is 1. The van der Waals surface area contributed by atoms with E-state index in [1.54, 1.807) is 56.0 Å². The average Bonchev–Trinajstić information content (AvgIpc) is 2.91. The number of pyridine rings is 1. The van der Waals surface area contributed by atoms with E-state index in [0.29, 0.717) is 55.6 Å². The van der Waals surface area contributed by atoms with Crippen molar-refractivity contribution in [3.63, 3.8) is 0 Å². The van der Waals surface area contributed by atoms with Gasteiger partial charge in [-0.15, -0.1) is 0 Å². The molecule has 0 bridgehead atoms. The lowest BCUT2D eigenvalue weighted by Crippen LogP contribution is -2.53. The molecule has 1 aromatic heterocycles. The standard InChI is InChI=1S/C27H37N7O5/c1-27(2,3)39-26(37)32-31-20-5-4-10-34(17-20)23-15-22(21(16-29-23)24(28)35)30-19-8-6-18(7-9-19)25(36)33-11-13-38-14-12-33/h6-9,15-16,20,31H,4-5,10-14,17H2,1-3H3,(H2,28,35)(H,29,30)(H,32,37). The van der Waals surface area contributed by atoms with E-state index >= 15 is 0 Å². The van der Waals surface area contributed by atoms with Gasteiger partial charge < -0.3 is 30.3 Å². The molecule has 12 nitrogen and oxygen atoms in total. The summed E-state index contributed by atoms with van der Waals surface area (Å²) in [6, 6.07) is 8.87. The third kappa shape index (κ3) is 7.80. The zero-order valence-electron chi connectivity index (χ0n) is 22.7. The summed E-state index contributed by atoms with van der Waals surface area (Å²) >= 11 is 0. The maximum absolute atomic E-state index is 12.7. The second kappa shape index (κ2) is 12.3. The van der Waals surface area contributed by atoms with Gasteiger partial charge in [0, 0.05) is 55.7 Å². The summed E-state index contributed by atoms with van der Waals surface area (Å²) < 4.78 is 10.6. The third-order valence-corrected chi connectivity index (χ3v) is 6.39. The zero-order valence-corrected chi connectivity index (χ0v) is 22.7. The van der Waals surface area contributed by atoms with Crippen molar-refractivity contribution >= 4 is 35.1 Å². The number of primary amides is 1. The number of anilines is 3. The lowest BCUT2D eigenvalue weighted by atomic mass is 10.1. The molecule has 1 unspecified atom stereocenters. The summed E-state index contributed by atoms with van der Waals surface area (Å²) in [5.74, 6) is 0.0316. The molecule has 39 heavy (non-hydrogen) atoms. The van der Waals surface area contributed by atoms with Crippen molar-refractivity contribution in [2.45, 2.75) is 45.3 Å². The summed E-state index contributed by atoms with van der Waals surface area (Å²) in [4.78, 5) is 45.2. The molecule has 3 amide bonds. The van der Waals surface area contributed by atoms with Crippen molar-refractivity contribution in [1.82, 2.24) is 20.7 Å². The van der Waals surface area contributed by atoms with E-state index < -0.39 is 17.6 Å². The molecule has 4 rings (SSSR count). The number of nitrogens with one attached hydrogen (secondary N) is 3. The van der Waals surface area contributed by atoms with Gasteiger partial charge in [-0.3, -0.25) is 15.0 Å². The highest BCUT2D eigenvalue weighted by Crippen LogP contribution is 2.27. The number of nitrogens with zero attached hydrogens (tertiary/aromatic N) is 3. The summed E-state index contributed by atoms with van der Waals surface area (Å²) in [6.07, 6.45) is 2.68. The minimum atomic E-state index is -0.601. The quantitative estimate of drug-likeness (QED) is 0.389. The van der Waals surface area contributed by atoms with Crippen LogP contribution in [-0.2, 0) is 9.47 Å². The van der Waals surface area contributed by atoms with Gasteiger partial charge in [0.2, 0.25) is 0 Å². The Kier molecular flexibility index (Phi) is 8.87. The number of hydrogen-bond acceptors (Lipinski definition) is 9. The number of carbonyl (C=O) groups excluding carboxylic acids is 3. The van der Waals surface area contributed by atoms with Crippen LogP contribution in [-0.4, -0.2) is 78.8 Å². The molecule has 2 aromatic rings. The minimum Gasteiger partial charge on any atom is -0.443 e. The highest BCUT2D eigenvalue weighted by Gasteiger charge is 2.24.